The van der Waals surface area contributed by atoms with Crippen LogP contribution in [0.15, 0.2) is 30.3 Å². The van der Waals surface area contributed by atoms with Crippen molar-refractivity contribution in [1.29, 1.82) is 0 Å². The van der Waals surface area contributed by atoms with Gasteiger partial charge in [-0.15, -0.1) is 11.6 Å². The van der Waals surface area contributed by atoms with Crippen molar-refractivity contribution in [1.82, 2.24) is 4.90 Å². The predicted molar refractivity (Wildman–Crippen MR) is 65.7 cm³/mol. The standard InChI is InChI=1S/C12H16ClNO3/c13-6-12(17)14(8-11(16)9-15)7-10-4-2-1-3-5-10/h1-5,11,15-16H,6-9H2. The molecule has 0 aliphatic heterocycles. The van der Waals surface area contributed by atoms with Crippen LogP contribution in [0.2, 0.25) is 0 Å². The van der Waals surface area contributed by atoms with Gasteiger partial charge in [0.2, 0.25) is 5.91 Å². The SMILES string of the molecule is O=C(CCl)N(Cc1ccccc1)CC(O)CO. The molecule has 2 N–H and O–H groups in total. The van der Waals surface area contributed by atoms with Crippen molar-refractivity contribution in [2.75, 3.05) is 19.0 Å². The van der Waals surface area contributed by atoms with Gasteiger partial charge in [-0.05, 0) is 5.56 Å². The number of rotatable bonds is 6. The first-order chi connectivity index (χ1) is 8.17. The maximum Gasteiger partial charge on any atom is 0.237 e. The molecular formula is C12H16ClNO3. The molecule has 0 fully saturated rings. The zero-order chi connectivity index (χ0) is 12.7. The van der Waals surface area contributed by atoms with Crippen LogP contribution < -0.4 is 0 Å². The molecule has 0 saturated heterocycles. The smallest absolute Gasteiger partial charge is 0.237 e. The summed E-state index contributed by atoms with van der Waals surface area (Å²) in [5.41, 5.74) is 0.955. The molecule has 5 heteroatoms. The summed E-state index contributed by atoms with van der Waals surface area (Å²) in [7, 11) is 0. The Hall–Kier alpha value is -1.10. The molecule has 94 valence electrons. The predicted octanol–water partition coefficient (Wildman–Crippen LogP) is 0.607. The monoisotopic (exact) mass is 257 g/mol. The van der Waals surface area contributed by atoms with E-state index in [0.29, 0.717) is 6.54 Å². The number of hydrogen-bond acceptors (Lipinski definition) is 3. The first-order valence-electron chi connectivity index (χ1n) is 5.34. The third-order valence-electron chi connectivity index (χ3n) is 2.33. The van der Waals surface area contributed by atoms with Gasteiger partial charge in [0.05, 0.1) is 12.7 Å². The Kier molecular flexibility index (Phi) is 5.97. The summed E-state index contributed by atoms with van der Waals surface area (Å²) in [6.45, 7) is 0.0846. The summed E-state index contributed by atoms with van der Waals surface area (Å²) in [5.74, 6) is -0.395. The van der Waals surface area contributed by atoms with Crippen molar-refractivity contribution in [2.45, 2.75) is 12.6 Å². The van der Waals surface area contributed by atoms with E-state index >= 15 is 0 Å². The lowest BCUT2D eigenvalue weighted by atomic mass is 10.2. The average Bonchev–Trinajstić information content (AvgIpc) is 2.38. The van der Waals surface area contributed by atoms with E-state index in [1.165, 1.54) is 4.90 Å². The second kappa shape index (κ2) is 7.27. The highest BCUT2D eigenvalue weighted by Crippen LogP contribution is 2.06. The Morgan fingerprint density at radius 2 is 2.00 bits per heavy atom. The van der Waals surface area contributed by atoms with Crippen molar-refractivity contribution in [3.05, 3.63) is 35.9 Å². The van der Waals surface area contributed by atoms with E-state index in [1.54, 1.807) is 0 Å². The molecule has 17 heavy (non-hydrogen) atoms. The minimum atomic E-state index is -0.939. The molecule has 1 atom stereocenters. The van der Waals surface area contributed by atoms with Gasteiger partial charge in [-0.3, -0.25) is 4.79 Å². The van der Waals surface area contributed by atoms with Crippen molar-refractivity contribution in [3.63, 3.8) is 0 Å². The van der Waals surface area contributed by atoms with Gasteiger partial charge in [0.15, 0.2) is 0 Å². The van der Waals surface area contributed by atoms with Crippen LogP contribution in [-0.2, 0) is 11.3 Å². The Morgan fingerprint density at radius 1 is 1.35 bits per heavy atom. The topological polar surface area (TPSA) is 60.8 Å². The molecule has 1 amide bonds. The second-order valence-corrected chi connectivity index (χ2v) is 4.00. The van der Waals surface area contributed by atoms with Gasteiger partial charge in [0.1, 0.15) is 5.88 Å². The van der Waals surface area contributed by atoms with Gasteiger partial charge >= 0.3 is 0 Å². The molecule has 1 unspecified atom stereocenters. The van der Waals surface area contributed by atoms with Gasteiger partial charge in [0.25, 0.3) is 0 Å². The van der Waals surface area contributed by atoms with E-state index in [4.69, 9.17) is 16.7 Å². The fourth-order valence-electron chi connectivity index (χ4n) is 1.45. The van der Waals surface area contributed by atoms with E-state index in [2.05, 4.69) is 0 Å². The summed E-state index contributed by atoms with van der Waals surface area (Å²) in [6, 6.07) is 9.42. The van der Waals surface area contributed by atoms with Crippen molar-refractivity contribution in [3.8, 4) is 0 Å². The van der Waals surface area contributed by atoms with E-state index in [-0.39, 0.29) is 24.9 Å². The summed E-state index contributed by atoms with van der Waals surface area (Å²) >= 11 is 5.50. The van der Waals surface area contributed by atoms with Crippen LogP contribution in [0.5, 0.6) is 0 Å². The number of halogens is 1. The first-order valence-corrected chi connectivity index (χ1v) is 5.87. The fraction of sp³-hybridized carbons (Fsp3) is 0.417. The molecule has 0 aliphatic carbocycles. The molecule has 0 spiro atoms. The molecular weight excluding hydrogens is 242 g/mol. The van der Waals surface area contributed by atoms with Crippen LogP contribution in [0.3, 0.4) is 0 Å². The van der Waals surface area contributed by atoms with Crippen LogP contribution in [0.1, 0.15) is 5.56 Å². The molecule has 0 radical (unpaired) electrons. The zero-order valence-corrected chi connectivity index (χ0v) is 10.2. The summed E-state index contributed by atoms with van der Waals surface area (Å²) in [6.07, 6.45) is -0.939. The summed E-state index contributed by atoms with van der Waals surface area (Å²) in [4.78, 5) is 13.0. The lowest BCUT2D eigenvalue weighted by molar-refractivity contribution is -0.130. The van der Waals surface area contributed by atoms with Crippen molar-refractivity contribution < 1.29 is 15.0 Å². The second-order valence-electron chi connectivity index (χ2n) is 3.73. The number of nitrogens with zero attached hydrogens (tertiary/aromatic N) is 1. The van der Waals surface area contributed by atoms with E-state index in [9.17, 15) is 9.90 Å². The highest BCUT2D eigenvalue weighted by molar-refractivity contribution is 6.27. The number of benzene rings is 1. The van der Waals surface area contributed by atoms with Crippen LogP contribution in [0.4, 0.5) is 0 Å². The summed E-state index contributed by atoms with van der Waals surface area (Å²) in [5, 5.41) is 18.1. The van der Waals surface area contributed by atoms with Crippen LogP contribution >= 0.6 is 11.6 Å². The Bertz CT molecular complexity index is 345. The lowest BCUT2D eigenvalue weighted by Crippen LogP contribution is -2.39. The number of carbonyl (C=O) groups is 1. The highest BCUT2D eigenvalue weighted by Gasteiger charge is 2.16. The van der Waals surface area contributed by atoms with Crippen LogP contribution in [0.25, 0.3) is 0 Å². The number of amides is 1. The average molecular weight is 258 g/mol. The fourth-order valence-corrected chi connectivity index (χ4v) is 1.62. The maximum atomic E-state index is 11.6. The normalized spacial score (nSPS) is 12.2. The van der Waals surface area contributed by atoms with Gasteiger partial charge in [0, 0.05) is 13.1 Å². The third kappa shape index (κ3) is 4.73. The molecule has 1 rings (SSSR count). The minimum absolute atomic E-state index is 0.0803. The van der Waals surface area contributed by atoms with E-state index in [1.807, 2.05) is 30.3 Å². The van der Waals surface area contributed by atoms with E-state index in [0.717, 1.165) is 5.56 Å². The van der Waals surface area contributed by atoms with Gasteiger partial charge < -0.3 is 15.1 Å². The van der Waals surface area contributed by atoms with E-state index < -0.39 is 6.10 Å². The number of carbonyl (C=O) groups excluding carboxylic acids is 1. The molecule has 1 aromatic carbocycles. The Balaban J connectivity index is 2.67. The van der Waals surface area contributed by atoms with Gasteiger partial charge in [-0.2, -0.15) is 0 Å². The molecule has 0 saturated carbocycles. The maximum absolute atomic E-state index is 11.6. The largest absolute Gasteiger partial charge is 0.394 e. The quantitative estimate of drug-likeness (QED) is 0.734. The van der Waals surface area contributed by atoms with Crippen LogP contribution in [-0.4, -0.2) is 46.2 Å². The van der Waals surface area contributed by atoms with Crippen LogP contribution in [0, 0.1) is 0 Å². The first kappa shape index (κ1) is 14.0. The lowest BCUT2D eigenvalue weighted by Gasteiger charge is -2.24. The molecule has 0 aliphatic rings. The molecule has 1 aromatic rings. The molecule has 4 nitrogen and oxygen atoms in total. The van der Waals surface area contributed by atoms with Gasteiger partial charge in [-0.25, -0.2) is 0 Å². The molecule has 0 heterocycles. The highest BCUT2D eigenvalue weighted by atomic mass is 35.5. The van der Waals surface area contributed by atoms with Gasteiger partial charge in [-0.1, -0.05) is 30.3 Å². The minimum Gasteiger partial charge on any atom is -0.394 e. The molecule has 0 aromatic heterocycles. The Morgan fingerprint density at radius 3 is 2.53 bits per heavy atom. The zero-order valence-electron chi connectivity index (χ0n) is 9.42. The Labute approximate surface area is 105 Å². The van der Waals surface area contributed by atoms with Crippen molar-refractivity contribution >= 4 is 17.5 Å². The van der Waals surface area contributed by atoms with Crippen molar-refractivity contribution in [2.24, 2.45) is 0 Å². The number of aliphatic hydroxyl groups is 2. The number of hydrogen-bond donors (Lipinski definition) is 2. The third-order valence-corrected chi connectivity index (χ3v) is 2.55. The molecule has 0 bridgehead atoms. The number of alkyl halides is 1. The number of aliphatic hydroxyl groups excluding tert-OH is 2. The summed E-state index contributed by atoms with van der Waals surface area (Å²) < 4.78 is 0.